The maximum Gasteiger partial charge on any atom is 0.416 e. The van der Waals surface area contributed by atoms with Gasteiger partial charge in [-0.1, -0.05) is 17.2 Å². The zero-order chi connectivity index (χ0) is 43.3. The summed E-state index contributed by atoms with van der Waals surface area (Å²) in [4.78, 5) is 35.0. The average Bonchev–Trinajstić information content (AvgIpc) is 3.85. The van der Waals surface area contributed by atoms with Gasteiger partial charge in [-0.15, -0.1) is 10.2 Å². The van der Waals surface area contributed by atoms with Gasteiger partial charge in [-0.25, -0.2) is 24.1 Å². The number of carbonyl (C=O) groups excluding carboxylic acids is 1. The highest BCUT2D eigenvalue weighted by Gasteiger charge is 2.37. The van der Waals surface area contributed by atoms with Crippen LogP contribution in [0.1, 0.15) is 47.9 Å². The summed E-state index contributed by atoms with van der Waals surface area (Å²) in [6.07, 6.45) is 2.39. The van der Waals surface area contributed by atoms with E-state index < -0.39 is 40.8 Å². The fourth-order valence-corrected chi connectivity index (χ4v) is 6.64. The molecular formula is C40H52F6N10O3S. The summed E-state index contributed by atoms with van der Waals surface area (Å²) in [6.45, 7) is 10.4. The predicted octanol–water partition coefficient (Wildman–Crippen LogP) is 6.43. The molecule has 6 rings (SSSR count). The number of hydrogen-bond acceptors (Lipinski definition) is 9. The number of aliphatic carboxylic acids is 1. The van der Waals surface area contributed by atoms with Gasteiger partial charge in [0.15, 0.2) is 11.6 Å². The van der Waals surface area contributed by atoms with Crippen LogP contribution in [-0.2, 0) is 21.9 Å². The standard InChI is InChI=1S/C20H27N5O.C13H7F6N3O2.C7H16N2.H2S/c1-15-9-16(2)11-18(10-15)20-22-14-25(23-20)8-6-19(26)21-12-17-5-4-7-24(3)13-17;14-12(15,16)8-3-7(4-9(5-8)13(17,18)19)11-20-6-22(21-11)2-1-10(23)24;1-9-4-2-3-7(5-8)6-9;/h6,8-11,14,17H,4-5,7,12-13H2,1-3H3,(H,21,26);1-6H,(H,23,24);7H,2-6,8H2,1H3;1H2/b8-6-;2-1-;;. The molecule has 0 saturated carbocycles. The highest BCUT2D eigenvalue weighted by molar-refractivity contribution is 7.59. The first-order valence-corrected chi connectivity index (χ1v) is 18.9. The zero-order valence-corrected chi connectivity index (χ0v) is 34.8. The van der Waals surface area contributed by atoms with Gasteiger partial charge in [0.2, 0.25) is 5.91 Å². The Morgan fingerprint density at radius 2 is 1.23 bits per heavy atom. The molecule has 4 N–H and O–H groups in total. The molecule has 20 heteroatoms. The van der Waals surface area contributed by atoms with Crippen molar-refractivity contribution in [1.29, 1.82) is 0 Å². The fourth-order valence-electron chi connectivity index (χ4n) is 6.64. The van der Waals surface area contributed by atoms with E-state index in [2.05, 4.69) is 81.4 Å². The Kier molecular flexibility index (Phi) is 18.5. The molecule has 0 bridgehead atoms. The lowest BCUT2D eigenvalue weighted by Crippen LogP contribution is -2.38. The SMILES string of the molecule is CN1CCCC(CN)C1.Cc1cc(C)cc(-c2ncn(/C=C\C(=O)NCC3CCCN(C)C3)n2)c1.O=C(O)/C=C\n1cnc(-c2cc(C(F)(F)F)cc(C(F)(F)F)c2)n1.S. The summed E-state index contributed by atoms with van der Waals surface area (Å²) >= 11 is 0. The Bertz CT molecular complexity index is 2010. The largest absolute Gasteiger partial charge is 0.478 e. The van der Waals surface area contributed by atoms with Crippen LogP contribution < -0.4 is 11.1 Å². The van der Waals surface area contributed by atoms with Crippen molar-refractivity contribution in [2.24, 2.45) is 17.6 Å². The van der Waals surface area contributed by atoms with Crippen molar-refractivity contribution in [1.82, 2.24) is 44.6 Å². The molecule has 4 heterocycles. The number of halogens is 6. The normalized spacial score (nSPS) is 17.6. The van der Waals surface area contributed by atoms with Crippen molar-refractivity contribution in [2.45, 2.75) is 51.9 Å². The molecule has 60 heavy (non-hydrogen) atoms. The lowest BCUT2D eigenvalue weighted by atomic mass is 9.98. The van der Waals surface area contributed by atoms with E-state index in [9.17, 15) is 35.9 Å². The van der Waals surface area contributed by atoms with Gasteiger partial charge in [0.1, 0.15) is 12.7 Å². The van der Waals surface area contributed by atoms with Crippen LogP contribution in [0.3, 0.4) is 0 Å². The van der Waals surface area contributed by atoms with Gasteiger partial charge in [0, 0.05) is 55.3 Å². The van der Waals surface area contributed by atoms with E-state index in [0.29, 0.717) is 30.0 Å². The monoisotopic (exact) mass is 866 g/mol. The van der Waals surface area contributed by atoms with Gasteiger partial charge in [-0.05, 0) is 115 Å². The Balaban J connectivity index is 0.000000263. The second kappa shape index (κ2) is 22.5. The first-order chi connectivity index (χ1) is 27.8. The third-order valence-electron chi connectivity index (χ3n) is 9.43. The minimum atomic E-state index is -4.98. The maximum atomic E-state index is 12.8. The highest BCUT2D eigenvalue weighted by Crippen LogP contribution is 2.38. The number of nitrogens with zero attached hydrogens (tertiary/aromatic N) is 8. The molecule has 2 fully saturated rings. The molecule has 2 aliphatic heterocycles. The lowest BCUT2D eigenvalue weighted by molar-refractivity contribution is -0.143. The Hall–Kier alpha value is -5.05. The third kappa shape index (κ3) is 16.2. The number of likely N-dealkylation sites (tertiary alicyclic amines) is 2. The molecule has 4 aromatic rings. The number of carboxylic acid groups (broad SMARTS) is 1. The first-order valence-electron chi connectivity index (χ1n) is 18.9. The van der Waals surface area contributed by atoms with Crippen molar-refractivity contribution in [3.63, 3.8) is 0 Å². The van der Waals surface area contributed by atoms with Crippen molar-refractivity contribution in [3.8, 4) is 22.8 Å². The minimum absolute atomic E-state index is 0. The summed E-state index contributed by atoms with van der Waals surface area (Å²) in [5, 5.41) is 19.5. The molecule has 2 atom stereocenters. The van der Waals surface area contributed by atoms with Crippen LogP contribution in [0, 0.1) is 25.7 Å². The van der Waals surface area contributed by atoms with Gasteiger partial charge in [0.05, 0.1) is 11.1 Å². The van der Waals surface area contributed by atoms with Gasteiger partial charge >= 0.3 is 18.3 Å². The van der Waals surface area contributed by atoms with Crippen LogP contribution in [0.25, 0.3) is 35.2 Å². The van der Waals surface area contributed by atoms with Gasteiger partial charge < -0.3 is 26.0 Å². The second-order valence-corrected chi connectivity index (χ2v) is 14.8. The summed E-state index contributed by atoms with van der Waals surface area (Å²) in [6, 6.07) is 7.19. The summed E-state index contributed by atoms with van der Waals surface area (Å²) in [5.41, 5.74) is 5.39. The number of amides is 1. The number of benzene rings is 2. The Labute approximate surface area is 351 Å². The van der Waals surface area contributed by atoms with E-state index in [1.165, 1.54) is 56.0 Å². The number of hydrogen-bond donors (Lipinski definition) is 3. The van der Waals surface area contributed by atoms with E-state index >= 15 is 0 Å². The zero-order valence-electron chi connectivity index (χ0n) is 33.8. The molecule has 0 aliphatic carbocycles. The molecule has 2 saturated heterocycles. The molecule has 2 aromatic carbocycles. The maximum absolute atomic E-state index is 12.8. The number of nitrogens with two attached hydrogens (primary N) is 1. The number of alkyl halides is 6. The van der Waals surface area contributed by atoms with Gasteiger partial charge in [-0.2, -0.15) is 39.8 Å². The third-order valence-corrected chi connectivity index (χ3v) is 9.43. The van der Waals surface area contributed by atoms with Crippen LogP contribution in [0.15, 0.2) is 61.2 Å². The topological polar surface area (TPSA) is 160 Å². The highest BCUT2D eigenvalue weighted by atomic mass is 32.1. The van der Waals surface area contributed by atoms with Crippen molar-refractivity contribution >= 4 is 37.8 Å². The summed E-state index contributed by atoms with van der Waals surface area (Å²) in [7, 11) is 4.30. The van der Waals surface area contributed by atoms with Crippen molar-refractivity contribution < 1.29 is 41.0 Å². The van der Waals surface area contributed by atoms with Crippen LogP contribution in [-0.4, -0.2) is 110 Å². The van der Waals surface area contributed by atoms with E-state index in [1.807, 2.05) is 0 Å². The van der Waals surface area contributed by atoms with E-state index in [0.717, 1.165) is 54.9 Å². The molecule has 2 aromatic heterocycles. The molecule has 2 aliphatic rings. The molecular weight excluding hydrogens is 815 g/mol. The molecule has 2 unspecified atom stereocenters. The number of carboxylic acids is 1. The van der Waals surface area contributed by atoms with Gasteiger partial charge in [0.25, 0.3) is 0 Å². The first kappa shape index (κ1) is 49.3. The quantitative estimate of drug-likeness (QED) is 0.127. The second-order valence-electron chi connectivity index (χ2n) is 14.8. The smallest absolute Gasteiger partial charge is 0.416 e. The van der Waals surface area contributed by atoms with Crippen molar-refractivity contribution in [3.05, 3.63) is 83.5 Å². The number of aromatic nitrogens is 6. The average molecular weight is 867 g/mol. The molecule has 0 radical (unpaired) electrons. The molecule has 13 nitrogen and oxygen atoms in total. The minimum Gasteiger partial charge on any atom is -0.478 e. The Morgan fingerprint density at radius 1 is 0.767 bits per heavy atom. The fraction of sp³-hybridized carbons (Fsp3) is 0.450. The lowest BCUT2D eigenvalue weighted by Gasteiger charge is -2.29. The van der Waals surface area contributed by atoms with E-state index in [-0.39, 0.29) is 25.5 Å². The van der Waals surface area contributed by atoms with E-state index in [4.69, 9.17) is 10.8 Å². The van der Waals surface area contributed by atoms with Crippen molar-refractivity contribution in [2.75, 3.05) is 53.4 Å². The number of rotatable bonds is 9. The predicted molar refractivity (Wildman–Crippen MR) is 222 cm³/mol. The number of piperidine rings is 2. The van der Waals surface area contributed by atoms with E-state index in [1.54, 1.807) is 17.2 Å². The van der Waals surface area contributed by atoms with Gasteiger partial charge in [-0.3, -0.25) is 4.79 Å². The summed E-state index contributed by atoms with van der Waals surface area (Å²) < 4.78 is 79.1. The summed E-state index contributed by atoms with van der Waals surface area (Å²) in [5.74, 6) is 0.137. The number of aryl methyl sites for hydroxylation is 2. The van der Waals surface area contributed by atoms with Crippen LogP contribution in [0.4, 0.5) is 26.3 Å². The molecule has 1 amide bonds. The number of nitrogens with one attached hydrogen (secondary N) is 1. The number of carbonyl (C=O) groups is 2. The van der Waals surface area contributed by atoms with Crippen LogP contribution in [0.2, 0.25) is 0 Å². The Morgan fingerprint density at radius 3 is 1.68 bits per heavy atom. The molecule has 0 spiro atoms. The van der Waals surface area contributed by atoms with Crippen LogP contribution in [0.5, 0.6) is 0 Å². The molecule has 328 valence electrons. The van der Waals surface area contributed by atoms with Crippen LogP contribution >= 0.6 is 13.5 Å².